The van der Waals surface area contributed by atoms with Gasteiger partial charge >= 0.3 is 5.69 Å². The van der Waals surface area contributed by atoms with Crippen LogP contribution in [0.1, 0.15) is 30.0 Å². The van der Waals surface area contributed by atoms with Gasteiger partial charge in [0.1, 0.15) is 0 Å². The molecular formula is C21H25N3O. The summed E-state index contributed by atoms with van der Waals surface area (Å²) in [4.78, 5) is 17.9. The minimum Gasteiger partial charge on any atom is -0.306 e. The number of aryl methyl sites for hydroxylation is 1. The summed E-state index contributed by atoms with van der Waals surface area (Å²) in [6, 6.07) is 17.1. The Hall–Kier alpha value is -2.33. The first kappa shape index (κ1) is 16.2. The van der Waals surface area contributed by atoms with Crippen molar-refractivity contribution in [3.63, 3.8) is 0 Å². The summed E-state index contributed by atoms with van der Waals surface area (Å²) in [6.07, 6.45) is 3.17. The smallest absolute Gasteiger partial charge is 0.306 e. The number of hydrogen-bond donors (Lipinski definition) is 1. The zero-order valence-corrected chi connectivity index (χ0v) is 14.7. The number of para-hydroxylation sites is 2. The second-order valence-corrected chi connectivity index (χ2v) is 7.13. The Kier molecular flexibility index (Phi) is 4.45. The standard InChI is InChI=1S/C21H25N3O/c1-16-6-8-17(9-7-16)10-13-23-14-11-18(12-15-23)24-20-5-3-2-4-19(20)22-21(24)25/h2-9,18H,10-15H2,1H3,(H,22,25). The molecule has 0 spiro atoms. The molecule has 2 aromatic carbocycles. The lowest BCUT2D eigenvalue weighted by Gasteiger charge is -2.32. The molecule has 0 radical (unpaired) electrons. The lowest BCUT2D eigenvalue weighted by Crippen LogP contribution is -2.37. The second kappa shape index (κ2) is 6.89. The van der Waals surface area contributed by atoms with Gasteiger partial charge in [-0.25, -0.2) is 4.79 Å². The molecule has 0 amide bonds. The van der Waals surface area contributed by atoms with Gasteiger partial charge in [0, 0.05) is 25.7 Å². The van der Waals surface area contributed by atoms with E-state index < -0.39 is 0 Å². The van der Waals surface area contributed by atoms with E-state index >= 15 is 0 Å². The minimum absolute atomic E-state index is 0.0271. The van der Waals surface area contributed by atoms with Crippen LogP contribution in [0.2, 0.25) is 0 Å². The minimum atomic E-state index is 0.0271. The Morgan fingerprint density at radius 1 is 1.04 bits per heavy atom. The van der Waals surface area contributed by atoms with Gasteiger partial charge < -0.3 is 9.88 Å². The predicted octanol–water partition coefficient (Wildman–Crippen LogP) is 3.52. The summed E-state index contributed by atoms with van der Waals surface area (Å²) in [5, 5.41) is 0. The van der Waals surface area contributed by atoms with E-state index in [1.54, 1.807) is 0 Å². The van der Waals surface area contributed by atoms with Crippen molar-refractivity contribution < 1.29 is 0 Å². The second-order valence-electron chi connectivity index (χ2n) is 7.13. The predicted molar refractivity (Wildman–Crippen MR) is 102 cm³/mol. The number of benzene rings is 2. The molecule has 4 rings (SSSR count). The summed E-state index contributed by atoms with van der Waals surface area (Å²) in [5.74, 6) is 0. The molecule has 0 bridgehead atoms. The third-order valence-corrected chi connectivity index (χ3v) is 5.38. The van der Waals surface area contributed by atoms with Crippen molar-refractivity contribution in [3.8, 4) is 0 Å². The maximum absolute atomic E-state index is 12.4. The van der Waals surface area contributed by atoms with Crippen molar-refractivity contribution in [2.24, 2.45) is 0 Å². The maximum atomic E-state index is 12.4. The normalized spacial score (nSPS) is 16.5. The van der Waals surface area contributed by atoms with Crippen molar-refractivity contribution in [1.29, 1.82) is 0 Å². The fourth-order valence-electron chi connectivity index (χ4n) is 3.88. The molecule has 2 heterocycles. The molecule has 1 saturated heterocycles. The van der Waals surface area contributed by atoms with Gasteiger partial charge in [-0.05, 0) is 43.9 Å². The molecule has 0 atom stereocenters. The first-order valence-corrected chi connectivity index (χ1v) is 9.18. The Morgan fingerprint density at radius 2 is 1.76 bits per heavy atom. The van der Waals surface area contributed by atoms with Crippen molar-refractivity contribution >= 4 is 11.0 Å². The number of piperidine rings is 1. The molecule has 4 nitrogen and oxygen atoms in total. The molecule has 25 heavy (non-hydrogen) atoms. The number of likely N-dealkylation sites (tertiary alicyclic amines) is 1. The SMILES string of the molecule is Cc1ccc(CCN2CCC(n3c(=O)[nH]c4ccccc43)CC2)cc1. The van der Waals surface area contributed by atoms with Crippen molar-refractivity contribution in [3.05, 3.63) is 70.1 Å². The first-order valence-electron chi connectivity index (χ1n) is 9.18. The number of H-pyrrole nitrogens is 1. The monoisotopic (exact) mass is 335 g/mol. The molecular weight excluding hydrogens is 310 g/mol. The van der Waals surface area contributed by atoms with Crippen LogP contribution in [0.25, 0.3) is 11.0 Å². The molecule has 1 fully saturated rings. The fraction of sp³-hybridized carbons (Fsp3) is 0.381. The Bertz CT molecular complexity index is 899. The van der Waals surface area contributed by atoms with E-state index in [0.29, 0.717) is 6.04 Å². The molecule has 0 saturated carbocycles. The largest absolute Gasteiger partial charge is 0.326 e. The van der Waals surface area contributed by atoms with E-state index in [4.69, 9.17) is 0 Å². The topological polar surface area (TPSA) is 41.0 Å². The highest BCUT2D eigenvalue weighted by Gasteiger charge is 2.23. The van der Waals surface area contributed by atoms with Gasteiger partial charge in [-0.1, -0.05) is 42.0 Å². The molecule has 130 valence electrons. The maximum Gasteiger partial charge on any atom is 0.326 e. The Morgan fingerprint density at radius 3 is 2.52 bits per heavy atom. The van der Waals surface area contributed by atoms with Gasteiger partial charge in [0.05, 0.1) is 11.0 Å². The van der Waals surface area contributed by atoms with E-state index in [1.807, 2.05) is 28.8 Å². The fourth-order valence-corrected chi connectivity index (χ4v) is 3.88. The molecule has 1 aliphatic rings. The lowest BCUT2D eigenvalue weighted by molar-refractivity contribution is 0.188. The highest BCUT2D eigenvalue weighted by Crippen LogP contribution is 2.24. The van der Waals surface area contributed by atoms with Crippen LogP contribution in [-0.2, 0) is 6.42 Å². The molecule has 4 heteroatoms. The number of nitrogens with one attached hydrogen (secondary N) is 1. The van der Waals surface area contributed by atoms with Gasteiger partial charge in [0.25, 0.3) is 0 Å². The number of aromatic amines is 1. The van der Waals surface area contributed by atoms with Crippen LogP contribution in [0, 0.1) is 6.92 Å². The van der Waals surface area contributed by atoms with Gasteiger partial charge in [-0.15, -0.1) is 0 Å². The Labute approximate surface area is 148 Å². The van der Waals surface area contributed by atoms with E-state index in [0.717, 1.165) is 49.9 Å². The third-order valence-electron chi connectivity index (χ3n) is 5.38. The highest BCUT2D eigenvalue weighted by molar-refractivity contribution is 5.75. The van der Waals surface area contributed by atoms with Crippen molar-refractivity contribution in [2.45, 2.75) is 32.2 Å². The molecule has 1 aromatic heterocycles. The quantitative estimate of drug-likeness (QED) is 0.792. The summed E-state index contributed by atoms with van der Waals surface area (Å²) in [7, 11) is 0. The number of rotatable bonds is 4. The molecule has 1 aliphatic heterocycles. The van der Waals surface area contributed by atoms with Crippen LogP contribution in [0.3, 0.4) is 0 Å². The Balaban J connectivity index is 1.38. The van der Waals surface area contributed by atoms with Crippen LogP contribution in [-0.4, -0.2) is 34.1 Å². The first-order chi connectivity index (χ1) is 12.2. The highest BCUT2D eigenvalue weighted by atomic mass is 16.1. The van der Waals surface area contributed by atoms with E-state index in [2.05, 4.69) is 41.1 Å². The van der Waals surface area contributed by atoms with Gasteiger partial charge in [0.15, 0.2) is 0 Å². The molecule has 0 unspecified atom stereocenters. The van der Waals surface area contributed by atoms with Crippen LogP contribution in [0.5, 0.6) is 0 Å². The van der Waals surface area contributed by atoms with Crippen LogP contribution in [0.4, 0.5) is 0 Å². The van der Waals surface area contributed by atoms with Crippen molar-refractivity contribution in [1.82, 2.24) is 14.5 Å². The number of fused-ring (bicyclic) bond motifs is 1. The molecule has 0 aliphatic carbocycles. The summed E-state index contributed by atoms with van der Waals surface area (Å²) in [6.45, 7) is 5.34. The number of imidazole rings is 1. The van der Waals surface area contributed by atoms with Gasteiger partial charge in [-0.3, -0.25) is 4.57 Å². The number of nitrogens with zero attached hydrogens (tertiary/aromatic N) is 2. The molecule has 3 aromatic rings. The zero-order chi connectivity index (χ0) is 17.2. The summed E-state index contributed by atoms with van der Waals surface area (Å²) < 4.78 is 1.96. The third kappa shape index (κ3) is 3.40. The summed E-state index contributed by atoms with van der Waals surface area (Å²) >= 11 is 0. The van der Waals surface area contributed by atoms with E-state index in [1.165, 1.54) is 11.1 Å². The van der Waals surface area contributed by atoms with E-state index in [9.17, 15) is 4.79 Å². The average Bonchev–Trinajstić information content (AvgIpc) is 2.97. The van der Waals surface area contributed by atoms with Crippen LogP contribution >= 0.6 is 0 Å². The van der Waals surface area contributed by atoms with Crippen LogP contribution < -0.4 is 5.69 Å². The summed E-state index contributed by atoms with van der Waals surface area (Å²) in [5.41, 5.74) is 4.72. The van der Waals surface area contributed by atoms with E-state index in [-0.39, 0.29) is 5.69 Å². The number of hydrogen-bond acceptors (Lipinski definition) is 2. The van der Waals surface area contributed by atoms with Crippen molar-refractivity contribution in [2.75, 3.05) is 19.6 Å². The van der Waals surface area contributed by atoms with Crippen LogP contribution in [0.15, 0.2) is 53.3 Å². The lowest BCUT2D eigenvalue weighted by atomic mass is 10.0. The van der Waals surface area contributed by atoms with Gasteiger partial charge in [-0.2, -0.15) is 0 Å². The zero-order valence-electron chi connectivity index (χ0n) is 14.7. The number of aromatic nitrogens is 2. The molecule has 1 N–H and O–H groups in total. The van der Waals surface area contributed by atoms with Gasteiger partial charge in [0.2, 0.25) is 0 Å². The average molecular weight is 335 g/mol.